The molecule has 2 aromatic carbocycles. The van der Waals surface area contributed by atoms with E-state index in [-0.39, 0.29) is 22.0 Å². The van der Waals surface area contributed by atoms with E-state index in [1.54, 1.807) is 6.07 Å². The lowest BCUT2D eigenvalue weighted by Gasteiger charge is -2.28. The van der Waals surface area contributed by atoms with Gasteiger partial charge in [0.15, 0.2) is 0 Å². The van der Waals surface area contributed by atoms with Gasteiger partial charge in [-0.05, 0) is 43.2 Å². The maximum atomic E-state index is 13.6. The number of anilines is 2. The van der Waals surface area contributed by atoms with Crippen molar-refractivity contribution < 1.29 is 17.6 Å². The van der Waals surface area contributed by atoms with Crippen molar-refractivity contribution in [2.24, 2.45) is 0 Å². The van der Waals surface area contributed by atoms with Gasteiger partial charge in [0.1, 0.15) is 5.82 Å². The molecule has 25 heavy (non-hydrogen) atoms. The Balaban J connectivity index is 1.85. The van der Waals surface area contributed by atoms with Gasteiger partial charge >= 0.3 is 0 Å². The minimum Gasteiger partial charge on any atom is -0.319 e. The highest BCUT2D eigenvalue weighted by Gasteiger charge is 2.26. The second-order valence-electron chi connectivity index (χ2n) is 5.69. The lowest BCUT2D eigenvalue weighted by Crippen LogP contribution is -2.37. The number of rotatable bonds is 3. The molecular weight excluding hydrogens is 367 g/mol. The topological polar surface area (TPSA) is 66.5 Å². The monoisotopic (exact) mass is 382 g/mol. The second kappa shape index (κ2) is 7.01. The van der Waals surface area contributed by atoms with Crippen LogP contribution in [0.5, 0.6) is 0 Å². The smallest absolute Gasteiger partial charge is 0.257 e. The number of hydrogen-bond donors (Lipinski definition) is 1. The third-order valence-electron chi connectivity index (χ3n) is 3.96. The minimum atomic E-state index is -3.36. The zero-order chi connectivity index (χ0) is 18.0. The van der Waals surface area contributed by atoms with Crippen molar-refractivity contribution in [2.75, 3.05) is 21.9 Å². The lowest BCUT2D eigenvalue weighted by molar-refractivity contribution is 0.102. The maximum absolute atomic E-state index is 13.6. The Bertz CT molecular complexity index is 918. The van der Waals surface area contributed by atoms with Gasteiger partial charge in [-0.25, -0.2) is 12.8 Å². The molecule has 1 aliphatic heterocycles. The van der Waals surface area contributed by atoms with Crippen molar-refractivity contribution in [2.45, 2.75) is 12.8 Å². The average molecular weight is 383 g/mol. The first-order valence-electron chi connectivity index (χ1n) is 7.74. The van der Waals surface area contributed by atoms with E-state index in [0.29, 0.717) is 18.7 Å². The molecule has 0 atom stereocenters. The second-order valence-corrected chi connectivity index (χ2v) is 8.11. The highest BCUT2D eigenvalue weighted by molar-refractivity contribution is 7.92. The summed E-state index contributed by atoms with van der Waals surface area (Å²) >= 11 is 6.17. The number of hydrogen-bond acceptors (Lipinski definition) is 3. The fourth-order valence-corrected chi connectivity index (χ4v) is 4.57. The first-order valence-corrected chi connectivity index (χ1v) is 9.73. The molecule has 0 spiro atoms. The van der Waals surface area contributed by atoms with Gasteiger partial charge in [-0.2, -0.15) is 0 Å². The van der Waals surface area contributed by atoms with E-state index in [2.05, 4.69) is 5.32 Å². The van der Waals surface area contributed by atoms with E-state index in [9.17, 15) is 17.6 Å². The lowest BCUT2D eigenvalue weighted by atomic mass is 10.1. The molecule has 8 heteroatoms. The van der Waals surface area contributed by atoms with Crippen LogP contribution in [0.4, 0.5) is 15.8 Å². The van der Waals surface area contributed by atoms with Gasteiger partial charge in [0.05, 0.1) is 27.7 Å². The summed E-state index contributed by atoms with van der Waals surface area (Å²) in [5.41, 5.74) is 0.612. The number of halogens is 2. The summed E-state index contributed by atoms with van der Waals surface area (Å²) in [6.45, 7) is 0.388. The van der Waals surface area contributed by atoms with Crippen molar-refractivity contribution in [3.05, 3.63) is 58.9 Å². The molecule has 0 saturated carbocycles. The Morgan fingerprint density at radius 2 is 1.92 bits per heavy atom. The Morgan fingerprint density at radius 3 is 2.60 bits per heavy atom. The van der Waals surface area contributed by atoms with Crippen LogP contribution >= 0.6 is 11.6 Å². The number of amides is 1. The molecule has 2 aromatic rings. The first kappa shape index (κ1) is 17.7. The number of sulfonamides is 1. The van der Waals surface area contributed by atoms with Gasteiger partial charge in [0.25, 0.3) is 5.91 Å². The number of nitrogens with one attached hydrogen (secondary N) is 1. The van der Waals surface area contributed by atoms with E-state index in [1.807, 2.05) is 0 Å². The summed E-state index contributed by atoms with van der Waals surface area (Å²) in [7, 11) is -3.36. The quantitative estimate of drug-likeness (QED) is 0.880. The van der Waals surface area contributed by atoms with E-state index in [1.165, 1.54) is 40.7 Å². The van der Waals surface area contributed by atoms with Crippen LogP contribution in [0.15, 0.2) is 42.5 Å². The number of carbonyl (C=O) groups is 1. The maximum Gasteiger partial charge on any atom is 0.257 e. The molecule has 0 radical (unpaired) electrons. The molecule has 5 nitrogen and oxygen atoms in total. The van der Waals surface area contributed by atoms with Crippen LogP contribution in [-0.4, -0.2) is 26.6 Å². The van der Waals surface area contributed by atoms with Crippen LogP contribution in [0.1, 0.15) is 23.2 Å². The molecule has 132 valence electrons. The summed E-state index contributed by atoms with van der Waals surface area (Å²) in [4.78, 5) is 12.3. The molecule has 3 rings (SSSR count). The minimum absolute atomic E-state index is 0.0475. The Kier molecular flexibility index (Phi) is 4.96. The first-order chi connectivity index (χ1) is 11.9. The molecule has 1 heterocycles. The number of para-hydroxylation sites is 1. The molecule has 1 N–H and O–H groups in total. The standard InChI is InChI=1S/C17H16ClFN2O3S/c18-14-11-12(21-9-3-4-10-25(21,23)24)7-8-13(14)17(22)20-16-6-2-1-5-15(16)19/h1-2,5-8,11H,3-4,9-10H2,(H,20,22). The van der Waals surface area contributed by atoms with Crippen LogP contribution in [-0.2, 0) is 10.0 Å². The normalized spacial score (nSPS) is 16.5. The largest absolute Gasteiger partial charge is 0.319 e. The Morgan fingerprint density at radius 1 is 1.16 bits per heavy atom. The summed E-state index contributed by atoms with van der Waals surface area (Å²) in [5.74, 6) is -1.02. The summed E-state index contributed by atoms with van der Waals surface area (Å²) < 4.78 is 39.2. The zero-order valence-corrected chi connectivity index (χ0v) is 14.8. The predicted molar refractivity (Wildman–Crippen MR) is 96.2 cm³/mol. The van der Waals surface area contributed by atoms with Gasteiger partial charge in [0, 0.05) is 6.54 Å². The van der Waals surface area contributed by atoms with E-state index in [4.69, 9.17) is 11.6 Å². The third-order valence-corrected chi connectivity index (χ3v) is 6.14. The molecule has 0 aromatic heterocycles. The number of carbonyl (C=O) groups excluding carboxylic acids is 1. The van der Waals surface area contributed by atoms with Gasteiger partial charge < -0.3 is 5.32 Å². The molecule has 1 aliphatic rings. The van der Waals surface area contributed by atoms with Crippen LogP contribution in [0, 0.1) is 5.82 Å². The number of nitrogens with zero attached hydrogens (tertiary/aromatic N) is 1. The molecular formula is C17H16ClFN2O3S. The molecule has 0 aliphatic carbocycles. The highest BCUT2D eigenvalue weighted by atomic mass is 35.5. The van der Waals surface area contributed by atoms with E-state index in [0.717, 1.165) is 6.42 Å². The van der Waals surface area contributed by atoms with E-state index < -0.39 is 21.7 Å². The van der Waals surface area contributed by atoms with Crippen LogP contribution < -0.4 is 9.62 Å². The summed E-state index contributed by atoms with van der Waals surface area (Å²) in [6, 6.07) is 10.2. The average Bonchev–Trinajstić information content (AvgIpc) is 2.56. The van der Waals surface area contributed by atoms with Crippen LogP contribution in [0.3, 0.4) is 0 Å². The van der Waals surface area contributed by atoms with Crippen molar-refractivity contribution in [3.8, 4) is 0 Å². The van der Waals surface area contributed by atoms with Crippen LogP contribution in [0.25, 0.3) is 0 Å². The molecule has 1 amide bonds. The van der Waals surface area contributed by atoms with Crippen molar-refractivity contribution in [1.82, 2.24) is 0 Å². The van der Waals surface area contributed by atoms with Gasteiger partial charge in [-0.3, -0.25) is 9.10 Å². The van der Waals surface area contributed by atoms with E-state index >= 15 is 0 Å². The Labute approximate surface area is 150 Å². The number of benzene rings is 2. The van der Waals surface area contributed by atoms with Crippen LogP contribution in [0.2, 0.25) is 5.02 Å². The summed E-state index contributed by atoms with van der Waals surface area (Å²) in [5, 5.41) is 2.56. The van der Waals surface area contributed by atoms with Gasteiger partial charge in [-0.1, -0.05) is 23.7 Å². The third kappa shape index (κ3) is 3.77. The van der Waals surface area contributed by atoms with Crippen molar-refractivity contribution in [1.29, 1.82) is 0 Å². The molecule has 1 saturated heterocycles. The fraction of sp³-hybridized carbons (Fsp3) is 0.235. The van der Waals surface area contributed by atoms with Gasteiger partial charge in [0.2, 0.25) is 10.0 Å². The predicted octanol–water partition coefficient (Wildman–Crippen LogP) is 3.66. The highest BCUT2D eigenvalue weighted by Crippen LogP contribution is 2.29. The van der Waals surface area contributed by atoms with Crippen molar-refractivity contribution in [3.63, 3.8) is 0 Å². The Hall–Kier alpha value is -2.12. The molecule has 0 unspecified atom stereocenters. The zero-order valence-electron chi connectivity index (χ0n) is 13.2. The molecule has 0 bridgehead atoms. The fourth-order valence-electron chi connectivity index (χ4n) is 2.67. The SMILES string of the molecule is O=C(Nc1ccccc1F)c1ccc(N2CCCCS2(=O)=O)cc1Cl. The van der Waals surface area contributed by atoms with Crippen molar-refractivity contribution >= 4 is 38.9 Å². The van der Waals surface area contributed by atoms with Gasteiger partial charge in [-0.15, -0.1) is 0 Å². The summed E-state index contributed by atoms with van der Waals surface area (Å²) in [6.07, 6.45) is 1.40. The molecule has 1 fully saturated rings.